The Morgan fingerprint density at radius 3 is 2.77 bits per heavy atom. The second-order valence-electron chi connectivity index (χ2n) is 4.99. The van der Waals surface area contributed by atoms with Crippen LogP contribution >= 0.6 is 0 Å². The van der Waals surface area contributed by atoms with E-state index in [2.05, 4.69) is 15.3 Å². The topological polar surface area (TPSA) is 96.5 Å². The van der Waals surface area contributed by atoms with Gasteiger partial charge >= 0.3 is 5.97 Å². The number of carboxylic acid groups (broad SMARTS) is 1. The van der Waals surface area contributed by atoms with E-state index in [-0.39, 0.29) is 0 Å². The Balaban J connectivity index is 2.01. The fraction of sp³-hybridized carbons (Fsp3) is 0.333. The standard InChI is InChI=1S/C15H17N3O4/c1-21-10-4-3-8(7-11(10)22-2)14-17-9-5-6-16-13(15(19)20)12(9)18-14/h3-4,7,13,16H,5-6H2,1-2H3,(H,17,18)(H,19,20). The number of carboxylic acids is 1. The summed E-state index contributed by atoms with van der Waals surface area (Å²) in [7, 11) is 3.14. The maximum absolute atomic E-state index is 11.3. The summed E-state index contributed by atoms with van der Waals surface area (Å²) in [5.74, 6) is 0.933. The number of hydrogen-bond donors (Lipinski definition) is 3. The predicted octanol–water partition coefficient (Wildman–Crippen LogP) is 1.37. The molecule has 2 aromatic rings. The number of fused-ring (bicyclic) bond motifs is 1. The van der Waals surface area contributed by atoms with E-state index in [1.807, 2.05) is 12.1 Å². The lowest BCUT2D eigenvalue weighted by Crippen LogP contribution is -2.35. The molecule has 1 aliphatic heterocycles. The predicted molar refractivity (Wildman–Crippen MR) is 79.2 cm³/mol. The molecule has 116 valence electrons. The van der Waals surface area contributed by atoms with Crippen LogP contribution in [-0.4, -0.2) is 41.8 Å². The highest BCUT2D eigenvalue weighted by Gasteiger charge is 2.29. The SMILES string of the molecule is COc1ccc(-c2nc3c([nH]2)CCNC3C(=O)O)cc1OC. The van der Waals surface area contributed by atoms with Crippen molar-refractivity contribution in [3.63, 3.8) is 0 Å². The van der Waals surface area contributed by atoms with Gasteiger partial charge in [0.1, 0.15) is 5.82 Å². The third kappa shape index (κ3) is 2.39. The molecule has 1 atom stereocenters. The Hall–Kier alpha value is -2.54. The largest absolute Gasteiger partial charge is 0.493 e. The minimum atomic E-state index is -0.925. The summed E-state index contributed by atoms with van der Waals surface area (Å²) in [5, 5.41) is 12.2. The van der Waals surface area contributed by atoms with E-state index in [0.717, 1.165) is 17.7 Å². The Kier molecular flexibility index (Phi) is 3.72. The van der Waals surface area contributed by atoms with Gasteiger partial charge in [-0.3, -0.25) is 10.1 Å². The quantitative estimate of drug-likeness (QED) is 0.789. The normalized spacial score (nSPS) is 16.9. The molecule has 1 aliphatic rings. The monoisotopic (exact) mass is 303 g/mol. The molecular formula is C15H17N3O4. The molecule has 0 radical (unpaired) electrons. The maximum Gasteiger partial charge on any atom is 0.327 e. The van der Waals surface area contributed by atoms with Crippen molar-refractivity contribution < 1.29 is 19.4 Å². The first kappa shape index (κ1) is 14.4. The highest BCUT2D eigenvalue weighted by Crippen LogP contribution is 2.32. The van der Waals surface area contributed by atoms with Crippen LogP contribution in [0.1, 0.15) is 17.4 Å². The van der Waals surface area contributed by atoms with Crippen LogP contribution in [0.4, 0.5) is 0 Å². The zero-order valence-electron chi connectivity index (χ0n) is 12.3. The van der Waals surface area contributed by atoms with Crippen molar-refractivity contribution in [2.75, 3.05) is 20.8 Å². The first-order chi connectivity index (χ1) is 10.6. The molecule has 0 spiro atoms. The van der Waals surface area contributed by atoms with Crippen LogP contribution < -0.4 is 14.8 Å². The Bertz CT molecular complexity index is 711. The number of nitrogens with zero attached hydrogens (tertiary/aromatic N) is 1. The van der Waals surface area contributed by atoms with Gasteiger partial charge in [-0.25, -0.2) is 4.98 Å². The summed E-state index contributed by atoms with van der Waals surface area (Å²) in [5.41, 5.74) is 2.22. The number of imidazole rings is 1. The maximum atomic E-state index is 11.3. The first-order valence-electron chi connectivity index (χ1n) is 6.91. The van der Waals surface area contributed by atoms with Gasteiger partial charge in [0.05, 0.1) is 19.9 Å². The van der Waals surface area contributed by atoms with E-state index in [1.54, 1.807) is 20.3 Å². The van der Waals surface area contributed by atoms with Crippen molar-refractivity contribution in [3.05, 3.63) is 29.6 Å². The fourth-order valence-electron chi connectivity index (χ4n) is 2.61. The van der Waals surface area contributed by atoms with Crippen LogP contribution in [0.3, 0.4) is 0 Å². The van der Waals surface area contributed by atoms with Gasteiger partial charge in [-0.2, -0.15) is 0 Å². The smallest absolute Gasteiger partial charge is 0.327 e. The molecule has 22 heavy (non-hydrogen) atoms. The van der Waals surface area contributed by atoms with Crippen LogP contribution in [0.2, 0.25) is 0 Å². The lowest BCUT2D eigenvalue weighted by Gasteiger charge is -2.18. The number of benzene rings is 1. The van der Waals surface area contributed by atoms with Gasteiger partial charge in [0, 0.05) is 24.2 Å². The van der Waals surface area contributed by atoms with E-state index in [4.69, 9.17) is 9.47 Å². The van der Waals surface area contributed by atoms with Gasteiger partial charge in [-0.1, -0.05) is 0 Å². The van der Waals surface area contributed by atoms with Gasteiger partial charge in [-0.15, -0.1) is 0 Å². The molecule has 0 amide bonds. The van der Waals surface area contributed by atoms with Crippen molar-refractivity contribution in [2.24, 2.45) is 0 Å². The van der Waals surface area contributed by atoms with E-state index in [0.29, 0.717) is 29.6 Å². The van der Waals surface area contributed by atoms with Crippen LogP contribution in [0.25, 0.3) is 11.4 Å². The molecule has 0 saturated heterocycles. The molecule has 2 heterocycles. The Labute approximate surface area is 127 Å². The highest BCUT2D eigenvalue weighted by molar-refractivity contribution is 5.76. The van der Waals surface area contributed by atoms with E-state index >= 15 is 0 Å². The Morgan fingerprint density at radius 1 is 1.32 bits per heavy atom. The number of aromatic nitrogens is 2. The summed E-state index contributed by atoms with van der Waals surface area (Å²) in [6.07, 6.45) is 0.722. The summed E-state index contributed by atoms with van der Waals surface area (Å²) < 4.78 is 10.5. The van der Waals surface area contributed by atoms with Crippen molar-refractivity contribution in [2.45, 2.75) is 12.5 Å². The lowest BCUT2D eigenvalue weighted by atomic mass is 10.1. The number of aromatic amines is 1. The van der Waals surface area contributed by atoms with E-state index < -0.39 is 12.0 Å². The van der Waals surface area contributed by atoms with Gasteiger partial charge < -0.3 is 19.6 Å². The van der Waals surface area contributed by atoms with Crippen molar-refractivity contribution in [1.82, 2.24) is 15.3 Å². The minimum Gasteiger partial charge on any atom is -0.493 e. The molecule has 3 rings (SSSR count). The van der Waals surface area contributed by atoms with Gasteiger partial charge in [0.15, 0.2) is 17.5 Å². The lowest BCUT2D eigenvalue weighted by molar-refractivity contribution is -0.139. The molecule has 1 aromatic heterocycles. The molecule has 0 fully saturated rings. The number of hydrogen-bond acceptors (Lipinski definition) is 5. The minimum absolute atomic E-state index is 0.545. The molecule has 0 aliphatic carbocycles. The number of rotatable bonds is 4. The van der Waals surface area contributed by atoms with Crippen LogP contribution in [0, 0.1) is 0 Å². The number of aliphatic carboxylic acids is 1. The molecule has 7 heteroatoms. The number of H-pyrrole nitrogens is 1. The number of ether oxygens (including phenoxy) is 2. The van der Waals surface area contributed by atoms with Crippen molar-refractivity contribution >= 4 is 5.97 Å². The van der Waals surface area contributed by atoms with Crippen molar-refractivity contribution in [1.29, 1.82) is 0 Å². The van der Waals surface area contributed by atoms with Gasteiger partial charge in [0.25, 0.3) is 0 Å². The van der Waals surface area contributed by atoms with E-state index in [9.17, 15) is 9.90 Å². The molecule has 1 aromatic carbocycles. The molecular weight excluding hydrogens is 286 g/mol. The molecule has 3 N–H and O–H groups in total. The van der Waals surface area contributed by atoms with Crippen LogP contribution in [0.5, 0.6) is 11.5 Å². The highest BCUT2D eigenvalue weighted by atomic mass is 16.5. The summed E-state index contributed by atoms with van der Waals surface area (Å²) in [6.45, 7) is 0.609. The molecule has 0 saturated carbocycles. The zero-order valence-corrected chi connectivity index (χ0v) is 12.3. The van der Waals surface area contributed by atoms with Gasteiger partial charge in [0.2, 0.25) is 0 Å². The molecule has 0 bridgehead atoms. The first-order valence-corrected chi connectivity index (χ1v) is 6.91. The second-order valence-corrected chi connectivity index (χ2v) is 4.99. The van der Waals surface area contributed by atoms with E-state index in [1.165, 1.54) is 0 Å². The fourth-order valence-corrected chi connectivity index (χ4v) is 2.61. The molecule has 1 unspecified atom stereocenters. The van der Waals surface area contributed by atoms with Gasteiger partial charge in [-0.05, 0) is 18.2 Å². The zero-order chi connectivity index (χ0) is 15.7. The second kappa shape index (κ2) is 5.69. The Morgan fingerprint density at radius 2 is 2.09 bits per heavy atom. The summed E-state index contributed by atoms with van der Waals surface area (Å²) in [4.78, 5) is 19.0. The van der Waals surface area contributed by atoms with Crippen LogP contribution in [0.15, 0.2) is 18.2 Å². The summed E-state index contributed by atoms with van der Waals surface area (Å²) in [6, 6.07) is 4.69. The third-order valence-corrected chi connectivity index (χ3v) is 3.71. The average molecular weight is 303 g/mol. The third-order valence-electron chi connectivity index (χ3n) is 3.71. The number of methoxy groups -OCH3 is 2. The molecule has 7 nitrogen and oxygen atoms in total. The number of carbonyl (C=O) groups is 1. The average Bonchev–Trinajstić information content (AvgIpc) is 2.97. The number of nitrogens with one attached hydrogen (secondary N) is 2. The van der Waals surface area contributed by atoms with Crippen LogP contribution in [-0.2, 0) is 11.2 Å². The summed E-state index contributed by atoms with van der Waals surface area (Å²) >= 11 is 0. The van der Waals surface area contributed by atoms with Crippen molar-refractivity contribution in [3.8, 4) is 22.9 Å².